The fourth-order valence-electron chi connectivity index (χ4n) is 3.86. The van der Waals surface area contributed by atoms with E-state index in [9.17, 15) is 4.79 Å². The van der Waals surface area contributed by atoms with Crippen molar-refractivity contribution in [1.82, 2.24) is 15.0 Å². The van der Waals surface area contributed by atoms with Gasteiger partial charge in [-0.3, -0.25) is 4.79 Å². The van der Waals surface area contributed by atoms with Crippen LogP contribution < -0.4 is 4.90 Å². The van der Waals surface area contributed by atoms with Gasteiger partial charge in [-0.15, -0.1) is 0 Å². The van der Waals surface area contributed by atoms with Crippen molar-refractivity contribution < 1.29 is 4.79 Å². The van der Waals surface area contributed by atoms with E-state index in [2.05, 4.69) is 45.9 Å². The molecule has 2 aliphatic rings. The fourth-order valence-corrected chi connectivity index (χ4v) is 4.58. The highest BCUT2D eigenvalue weighted by atomic mass is 32.1. The van der Waals surface area contributed by atoms with Crippen molar-refractivity contribution in [2.24, 2.45) is 11.3 Å². The molecule has 2 atom stereocenters. The molecule has 5 nitrogen and oxygen atoms in total. The Kier molecular flexibility index (Phi) is 3.04. The number of anilines is 1. The first-order chi connectivity index (χ1) is 10.6. The van der Waals surface area contributed by atoms with Crippen LogP contribution in [0.2, 0.25) is 0 Å². The first-order valence-electron chi connectivity index (χ1n) is 7.60. The summed E-state index contributed by atoms with van der Waals surface area (Å²) in [7, 11) is 0. The Labute approximate surface area is 133 Å². The van der Waals surface area contributed by atoms with E-state index < -0.39 is 0 Å². The monoisotopic (exact) mass is 314 g/mol. The van der Waals surface area contributed by atoms with E-state index in [1.54, 1.807) is 6.33 Å². The largest absolute Gasteiger partial charge is 0.351 e. The Hall–Kier alpha value is -1.82. The Morgan fingerprint density at radius 2 is 2.27 bits per heavy atom. The van der Waals surface area contributed by atoms with Gasteiger partial charge < -0.3 is 4.90 Å². The summed E-state index contributed by atoms with van der Waals surface area (Å²) in [5.74, 6) is 1.42. The maximum atomic E-state index is 11.0. The van der Waals surface area contributed by atoms with Crippen molar-refractivity contribution in [3.05, 3.63) is 23.5 Å². The third kappa shape index (κ3) is 1.97. The molecule has 4 rings (SSSR count). The maximum Gasteiger partial charge on any atom is 0.178 e. The van der Waals surface area contributed by atoms with Gasteiger partial charge >= 0.3 is 0 Å². The minimum absolute atomic E-state index is 0.211. The van der Waals surface area contributed by atoms with Crippen molar-refractivity contribution in [2.45, 2.75) is 32.7 Å². The van der Waals surface area contributed by atoms with Gasteiger partial charge in [0.1, 0.15) is 16.7 Å². The Morgan fingerprint density at radius 3 is 3.09 bits per heavy atom. The SMILES string of the molecule is CC1(C)CN(c2ncnc3sc(C=O)nc23)C2CCC=CC21. The van der Waals surface area contributed by atoms with Crippen LogP contribution in [0.5, 0.6) is 0 Å². The molecule has 1 saturated heterocycles. The maximum absolute atomic E-state index is 11.0. The predicted molar refractivity (Wildman–Crippen MR) is 87.4 cm³/mol. The number of fused-ring (bicyclic) bond motifs is 2. The van der Waals surface area contributed by atoms with Gasteiger partial charge in [0.2, 0.25) is 0 Å². The zero-order chi connectivity index (χ0) is 15.3. The van der Waals surface area contributed by atoms with Crippen molar-refractivity contribution in [2.75, 3.05) is 11.4 Å². The molecule has 0 saturated carbocycles. The number of carbonyl (C=O) groups excluding carboxylic acids is 1. The van der Waals surface area contributed by atoms with Crippen LogP contribution in [-0.2, 0) is 0 Å². The smallest absolute Gasteiger partial charge is 0.178 e. The molecule has 2 aromatic rings. The lowest BCUT2D eigenvalue weighted by Crippen LogP contribution is -2.34. The number of thiazole rings is 1. The normalized spacial score (nSPS) is 26.4. The van der Waals surface area contributed by atoms with Crippen molar-refractivity contribution >= 4 is 33.8 Å². The van der Waals surface area contributed by atoms with Gasteiger partial charge in [-0.25, -0.2) is 15.0 Å². The van der Waals surface area contributed by atoms with Gasteiger partial charge in [-0.2, -0.15) is 0 Å². The van der Waals surface area contributed by atoms with E-state index in [1.165, 1.54) is 11.3 Å². The summed E-state index contributed by atoms with van der Waals surface area (Å²) in [5.41, 5.74) is 0.975. The molecule has 0 aromatic carbocycles. The summed E-state index contributed by atoms with van der Waals surface area (Å²) >= 11 is 1.33. The fraction of sp³-hybridized carbons (Fsp3) is 0.500. The number of aromatic nitrogens is 3. The Balaban J connectivity index is 1.83. The lowest BCUT2D eigenvalue weighted by molar-refractivity contribution is 0.112. The molecule has 114 valence electrons. The summed E-state index contributed by atoms with van der Waals surface area (Å²) in [6, 6.07) is 0.458. The van der Waals surface area contributed by atoms with E-state index in [0.29, 0.717) is 17.0 Å². The molecule has 0 bridgehead atoms. The summed E-state index contributed by atoms with van der Waals surface area (Å²) in [4.78, 5) is 27.4. The van der Waals surface area contributed by atoms with Gasteiger partial charge in [0.15, 0.2) is 17.1 Å². The topological polar surface area (TPSA) is 59.0 Å². The second-order valence-corrected chi connectivity index (χ2v) is 7.75. The van der Waals surface area contributed by atoms with Crippen molar-refractivity contribution in [3.8, 4) is 0 Å². The van der Waals surface area contributed by atoms with Crippen LogP contribution in [0.4, 0.5) is 5.82 Å². The van der Waals surface area contributed by atoms with Crippen LogP contribution in [0.15, 0.2) is 18.5 Å². The Morgan fingerprint density at radius 1 is 1.41 bits per heavy atom. The van der Waals surface area contributed by atoms with Gasteiger partial charge in [0.05, 0.1) is 0 Å². The molecule has 6 heteroatoms. The molecule has 0 amide bonds. The summed E-state index contributed by atoms with van der Waals surface area (Å²) in [6.45, 7) is 5.58. The van der Waals surface area contributed by atoms with Gasteiger partial charge in [-0.1, -0.05) is 37.3 Å². The molecule has 2 aromatic heterocycles. The number of hydrogen-bond acceptors (Lipinski definition) is 6. The molecule has 1 aliphatic carbocycles. The van der Waals surface area contributed by atoms with Crippen LogP contribution in [0.1, 0.15) is 36.5 Å². The van der Waals surface area contributed by atoms with E-state index in [4.69, 9.17) is 0 Å². The summed E-state index contributed by atoms with van der Waals surface area (Å²) in [6.07, 6.45) is 9.29. The van der Waals surface area contributed by atoms with Crippen molar-refractivity contribution in [1.29, 1.82) is 0 Å². The number of nitrogens with zero attached hydrogens (tertiary/aromatic N) is 4. The number of carbonyl (C=O) groups is 1. The molecular weight excluding hydrogens is 296 g/mol. The standard InChI is InChI=1S/C16H18N4OS/c1-16(2)8-20(11-6-4-3-5-10(11)16)14-13-15(18-9-17-14)22-12(7-21)19-13/h3,5,7,9-11H,4,6,8H2,1-2H3. The molecule has 0 N–H and O–H groups in total. The van der Waals surface area contributed by atoms with E-state index >= 15 is 0 Å². The molecular formula is C16H18N4OS. The second kappa shape index (κ2) is 4.84. The molecule has 3 heterocycles. The van der Waals surface area contributed by atoms with Crippen LogP contribution in [0.3, 0.4) is 0 Å². The highest BCUT2D eigenvalue weighted by molar-refractivity contribution is 7.19. The van der Waals surface area contributed by atoms with Crippen LogP contribution in [0.25, 0.3) is 10.3 Å². The lowest BCUT2D eigenvalue weighted by atomic mass is 9.75. The first kappa shape index (κ1) is 13.8. The molecule has 2 unspecified atom stereocenters. The number of hydrogen-bond donors (Lipinski definition) is 0. The number of allylic oxidation sites excluding steroid dienone is 1. The first-order valence-corrected chi connectivity index (χ1v) is 8.42. The molecule has 0 radical (unpaired) electrons. The quantitative estimate of drug-likeness (QED) is 0.630. The van der Waals surface area contributed by atoms with E-state index in [0.717, 1.165) is 41.8 Å². The van der Waals surface area contributed by atoms with Gasteiger partial charge in [-0.05, 0) is 18.3 Å². The number of aldehydes is 1. The second-order valence-electron chi connectivity index (χ2n) is 6.74. The minimum atomic E-state index is 0.211. The van der Waals surface area contributed by atoms with Gasteiger partial charge in [0.25, 0.3) is 0 Å². The van der Waals surface area contributed by atoms with Crippen LogP contribution in [-0.4, -0.2) is 33.8 Å². The predicted octanol–water partition coefficient (Wildman–Crippen LogP) is 3.08. The number of rotatable bonds is 2. The zero-order valence-corrected chi connectivity index (χ0v) is 13.5. The average molecular weight is 314 g/mol. The van der Waals surface area contributed by atoms with Crippen molar-refractivity contribution in [3.63, 3.8) is 0 Å². The third-order valence-electron chi connectivity index (χ3n) is 4.83. The summed E-state index contributed by atoms with van der Waals surface area (Å²) < 4.78 is 0. The lowest BCUT2D eigenvalue weighted by Gasteiger charge is -2.31. The van der Waals surface area contributed by atoms with E-state index in [-0.39, 0.29) is 5.41 Å². The average Bonchev–Trinajstić information content (AvgIpc) is 3.06. The zero-order valence-electron chi connectivity index (χ0n) is 12.7. The molecule has 0 spiro atoms. The van der Waals surface area contributed by atoms with Gasteiger partial charge in [0, 0.05) is 18.5 Å². The molecule has 22 heavy (non-hydrogen) atoms. The highest BCUT2D eigenvalue weighted by Gasteiger charge is 2.47. The molecule has 1 aliphatic heterocycles. The highest BCUT2D eigenvalue weighted by Crippen LogP contribution is 2.46. The minimum Gasteiger partial charge on any atom is -0.351 e. The van der Waals surface area contributed by atoms with Crippen LogP contribution in [0, 0.1) is 11.3 Å². The third-order valence-corrected chi connectivity index (χ3v) is 5.72. The summed E-state index contributed by atoms with van der Waals surface area (Å²) in [5, 5.41) is 0.468. The van der Waals surface area contributed by atoms with E-state index in [1.807, 2.05) is 0 Å². The van der Waals surface area contributed by atoms with Crippen LogP contribution >= 0.6 is 11.3 Å². The molecule has 1 fully saturated rings. The Bertz CT molecular complexity index is 767.